The maximum Gasteiger partial charge on any atom is 0.247 e. The molecule has 0 spiro atoms. The number of primary sulfonamides is 1. The molecule has 7 nitrogen and oxygen atoms in total. The number of rotatable bonds is 8. The van der Waals surface area contributed by atoms with Crippen molar-refractivity contribution in [1.82, 2.24) is 0 Å². The van der Waals surface area contributed by atoms with Gasteiger partial charge in [-0.25, -0.2) is 13.6 Å². The second-order valence-electron chi connectivity index (χ2n) is 5.01. The molecule has 2 aromatic rings. The van der Waals surface area contributed by atoms with Gasteiger partial charge < -0.3 is 14.8 Å². The third-order valence-electron chi connectivity index (χ3n) is 3.09. The Bertz CT molecular complexity index is 846. The highest BCUT2D eigenvalue weighted by Crippen LogP contribution is 2.30. The predicted molar refractivity (Wildman–Crippen MR) is 96.8 cm³/mol. The Hall–Kier alpha value is -2.10. The molecule has 25 heavy (non-hydrogen) atoms. The number of anilines is 1. The Morgan fingerprint density at radius 3 is 2.48 bits per heavy atom. The molecular weight excluding hydrogens is 364 g/mol. The maximum atomic E-state index is 12.3. The van der Waals surface area contributed by atoms with Crippen molar-refractivity contribution in [3.8, 4) is 11.5 Å². The van der Waals surface area contributed by atoms with Gasteiger partial charge in [0, 0.05) is 10.9 Å². The smallest absolute Gasteiger partial charge is 0.247 e. The van der Waals surface area contributed by atoms with Crippen LogP contribution in [-0.4, -0.2) is 27.5 Å². The molecule has 136 valence electrons. The van der Waals surface area contributed by atoms with Crippen LogP contribution in [0.1, 0.15) is 18.7 Å². The zero-order chi connectivity index (χ0) is 18.4. The highest BCUT2D eigenvalue weighted by Gasteiger charge is 2.15. The number of sulfonamides is 1. The zero-order valence-electron chi connectivity index (χ0n) is 13.9. The number of carbonyl (C=O) groups is 1. The van der Waals surface area contributed by atoms with Gasteiger partial charge in [0.1, 0.15) is 15.7 Å². The standard InChI is InChI=1S/C16H20N2O5S2/c1-3-22-11-5-7-14(23-4-2)13(9-11)18-15(19)10-12-6-8-16(24-12)25(17,20)21/h5-9H,3-4,10H2,1-2H3,(H,18,19)(H2,17,20,21). The van der Waals surface area contributed by atoms with Crippen molar-refractivity contribution in [3.05, 3.63) is 35.2 Å². The molecule has 0 aliphatic rings. The van der Waals surface area contributed by atoms with E-state index in [1.54, 1.807) is 24.3 Å². The highest BCUT2D eigenvalue weighted by molar-refractivity contribution is 7.91. The van der Waals surface area contributed by atoms with Crippen LogP contribution in [0.25, 0.3) is 0 Å². The third-order valence-corrected chi connectivity index (χ3v) is 5.61. The molecule has 0 aliphatic heterocycles. The van der Waals surface area contributed by atoms with Crippen LogP contribution in [0.4, 0.5) is 5.69 Å². The number of benzene rings is 1. The molecule has 1 aromatic heterocycles. The van der Waals surface area contributed by atoms with Gasteiger partial charge in [-0.15, -0.1) is 11.3 Å². The lowest BCUT2D eigenvalue weighted by molar-refractivity contribution is -0.115. The molecule has 0 fully saturated rings. The monoisotopic (exact) mass is 384 g/mol. The quantitative estimate of drug-likeness (QED) is 0.726. The van der Waals surface area contributed by atoms with Crippen molar-refractivity contribution in [3.63, 3.8) is 0 Å². The second kappa shape index (κ2) is 8.32. The fourth-order valence-corrected chi connectivity index (χ4v) is 3.88. The summed E-state index contributed by atoms with van der Waals surface area (Å²) in [7, 11) is -3.75. The number of amides is 1. The minimum atomic E-state index is -3.75. The van der Waals surface area contributed by atoms with Gasteiger partial charge >= 0.3 is 0 Å². The van der Waals surface area contributed by atoms with Crippen LogP contribution in [0.2, 0.25) is 0 Å². The van der Waals surface area contributed by atoms with Crippen LogP contribution in [0, 0.1) is 0 Å². The first-order valence-corrected chi connectivity index (χ1v) is 10.0. The minimum absolute atomic E-state index is 0.0312. The first kappa shape index (κ1) is 19.2. The second-order valence-corrected chi connectivity index (χ2v) is 7.97. The number of nitrogens with two attached hydrogens (primary N) is 1. The van der Waals surface area contributed by atoms with E-state index in [4.69, 9.17) is 14.6 Å². The van der Waals surface area contributed by atoms with Crippen LogP contribution in [0.3, 0.4) is 0 Å². The van der Waals surface area contributed by atoms with E-state index in [9.17, 15) is 13.2 Å². The molecule has 0 aliphatic carbocycles. The van der Waals surface area contributed by atoms with E-state index in [1.165, 1.54) is 6.07 Å². The van der Waals surface area contributed by atoms with Crippen molar-refractivity contribution in [2.24, 2.45) is 5.14 Å². The van der Waals surface area contributed by atoms with Gasteiger partial charge in [0.05, 0.1) is 25.3 Å². The number of hydrogen-bond acceptors (Lipinski definition) is 6. The topological polar surface area (TPSA) is 108 Å². The minimum Gasteiger partial charge on any atom is -0.494 e. The van der Waals surface area contributed by atoms with E-state index in [2.05, 4.69) is 5.32 Å². The number of carbonyl (C=O) groups excluding carboxylic acids is 1. The fourth-order valence-electron chi connectivity index (χ4n) is 2.10. The molecule has 1 amide bonds. The summed E-state index contributed by atoms with van der Waals surface area (Å²) >= 11 is 0.975. The molecule has 0 atom stereocenters. The van der Waals surface area contributed by atoms with Gasteiger partial charge in [-0.2, -0.15) is 0 Å². The molecule has 0 bridgehead atoms. The van der Waals surface area contributed by atoms with E-state index in [0.29, 0.717) is 35.3 Å². The Labute approximate surface area is 150 Å². The summed E-state index contributed by atoms with van der Waals surface area (Å²) in [5, 5.41) is 7.85. The molecule has 1 heterocycles. The van der Waals surface area contributed by atoms with E-state index in [-0.39, 0.29) is 16.5 Å². The lowest BCUT2D eigenvalue weighted by Crippen LogP contribution is -2.15. The molecule has 3 N–H and O–H groups in total. The van der Waals surface area contributed by atoms with Crippen LogP contribution in [-0.2, 0) is 21.2 Å². The number of hydrogen-bond donors (Lipinski definition) is 2. The Balaban J connectivity index is 2.13. The fraction of sp³-hybridized carbons (Fsp3) is 0.312. The average Bonchev–Trinajstić information content (AvgIpc) is 2.99. The number of thiophene rings is 1. The molecule has 0 unspecified atom stereocenters. The summed E-state index contributed by atoms with van der Waals surface area (Å²) in [6.45, 7) is 4.68. The summed E-state index contributed by atoms with van der Waals surface area (Å²) in [6.07, 6.45) is 0.0324. The third kappa shape index (κ3) is 5.45. The Morgan fingerprint density at radius 2 is 1.88 bits per heavy atom. The van der Waals surface area contributed by atoms with Crippen molar-refractivity contribution in [2.45, 2.75) is 24.5 Å². The lowest BCUT2D eigenvalue weighted by atomic mass is 10.2. The van der Waals surface area contributed by atoms with Crippen molar-refractivity contribution >= 4 is 33.0 Å². The van der Waals surface area contributed by atoms with Gasteiger partial charge in [0.2, 0.25) is 15.9 Å². The van der Waals surface area contributed by atoms with E-state index in [0.717, 1.165) is 11.3 Å². The van der Waals surface area contributed by atoms with Crippen LogP contribution in [0.15, 0.2) is 34.5 Å². The summed E-state index contributed by atoms with van der Waals surface area (Å²) < 4.78 is 33.6. The van der Waals surface area contributed by atoms with Crippen LogP contribution in [0.5, 0.6) is 11.5 Å². The zero-order valence-corrected chi connectivity index (χ0v) is 15.6. The lowest BCUT2D eigenvalue weighted by Gasteiger charge is -2.13. The van der Waals surface area contributed by atoms with Gasteiger partial charge in [0.15, 0.2) is 0 Å². The molecule has 2 rings (SSSR count). The average molecular weight is 384 g/mol. The van der Waals surface area contributed by atoms with Crippen molar-refractivity contribution in [1.29, 1.82) is 0 Å². The van der Waals surface area contributed by atoms with Gasteiger partial charge in [0.25, 0.3) is 0 Å². The SMILES string of the molecule is CCOc1ccc(OCC)c(NC(=O)Cc2ccc(S(N)(=O)=O)s2)c1. The van der Waals surface area contributed by atoms with E-state index < -0.39 is 10.0 Å². The summed E-state index contributed by atoms with van der Waals surface area (Å²) in [5.74, 6) is 0.863. The van der Waals surface area contributed by atoms with Gasteiger partial charge in [-0.3, -0.25) is 4.79 Å². The first-order valence-electron chi connectivity index (χ1n) is 7.64. The predicted octanol–water partition coefficient (Wildman–Crippen LogP) is 2.37. The van der Waals surface area contributed by atoms with Crippen LogP contribution < -0.4 is 19.9 Å². The number of ether oxygens (including phenoxy) is 2. The molecule has 9 heteroatoms. The maximum absolute atomic E-state index is 12.3. The summed E-state index contributed by atoms with van der Waals surface area (Å²) in [5.41, 5.74) is 0.501. The normalized spacial score (nSPS) is 11.2. The van der Waals surface area contributed by atoms with Crippen molar-refractivity contribution < 1.29 is 22.7 Å². The Kier molecular flexibility index (Phi) is 6.40. The van der Waals surface area contributed by atoms with Gasteiger partial charge in [-0.1, -0.05) is 0 Å². The van der Waals surface area contributed by atoms with E-state index >= 15 is 0 Å². The van der Waals surface area contributed by atoms with Crippen LogP contribution >= 0.6 is 11.3 Å². The Morgan fingerprint density at radius 1 is 1.16 bits per heavy atom. The van der Waals surface area contributed by atoms with Gasteiger partial charge in [-0.05, 0) is 38.1 Å². The summed E-state index contributed by atoms with van der Waals surface area (Å²) in [4.78, 5) is 12.9. The molecule has 1 aromatic carbocycles. The molecule has 0 radical (unpaired) electrons. The number of nitrogens with one attached hydrogen (secondary N) is 1. The molecule has 0 saturated heterocycles. The van der Waals surface area contributed by atoms with E-state index in [1.807, 2.05) is 13.8 Å². The largest absolute Gasteiger partial charge is 0.494 e. The molecular formula is C16H20N2O5S2. The first-order chi connectivity index (χ1) is 11.8. The summed E-state index contributed by atoms with van der Waals surface area (Å²) in [6, 6.07) is 8.15. The van der Waals surface area contributed by atoms with Crippen molar-refractivity contribution in [2.75, 3.05) is 18.5 Å². The molecule has 0 saturated carbocycles. The highest BCUT2D eigenvalue weighted by atomic mass is 32.2.